The molecule has 5 rings (SSSR count). The van der Waals surface area contributed by atoms with Crippen LogP contribution in [0.15, 0.2) is 61.2 Å². The van der Waals surface area contributed by atoms with Gasteiger partial charge in [0.2, 0.25) is 0 Å². The van der Waals surface area contributed by atoms with Gasteiger partial charge in [-0.05, 0) is 35.9 Å². The lowest BCUT2D eigenvalue weighted by Crippen LogP contribution is -2.26. The molecule has 2 N–H and O–H groups in total. The quantitative estimate of drug-likeness (QED) is 0.590. The van der Waals surface area contributed by atoms with E-state index in [9.17, 15) is 0 Å². The maximum absolute atomic E-state index is 7.96. The van der Waals surface area contributed by atoms with Crippen LogP contribution in [0.5, 0.6) is 5.75 Å². The second-order valence-electron chi connectivity index (χ2n) is 6.56. The molecule has 7 nitrogen and oxygen atoms in total. The van der Waals surface area contributed by atoms with Crippen molar-refractivity contribution < 1.29 is 4.74 Å². The van der Waals surface area contributed by atoms with Crippen molar-refractivity contribution in [3.05, 3.63) is 78.1 Å². The zero-order chi connectivity index (χ0) is 18.4. The molecule has 0 saturated carbocycles. The molecule has 1 aliphatic rings. The molecule has 0 radical (unpaired) electrons. The van der Waals surface area contributed by atoms with Crippen LogP contribution in [0.25, 0.3) is 10.9 Å². The topological polar surface area (TPSA) is 82.8 Å². The number of nitrogens with zero attached hydrogens (tertiary/aromatic N) is 4. The van der Waals surface area contributed by atoms with Crippen molar-refractivity contribution in [2.24, 2.45) is 0 Å². The lowest BCUT2D eigenvalue weighted by molar-refractivity contribution is 0.412. The Morgan fingerprint density at radius 1 is 1.19 bits per heavy atom. The second kappa shape index (κ2) is 5.98. The monoisotopic (exact) mass is 358 g/mol. The van der Waals surface area contributed by atoms with Crippen LogP contribution in [0.4, 0.5) is 5.69 Å². The van der Waals surface area contributed by atoms with Gasteiger partial charge in [0.05, 0.1) is 31.5 Å². The van der Waals surface area contributed by atoms with Gasteiger partial charge in [0, 0.05) is 35.6 Å². The fourth-order valence-electron chi connectivity index (χ4n) is 3.64. The minimum absolute atomic E-state index is 0.000165. The minimum atomic E-state index is -0.000165. The molecule has 7 heteroatoms. The summed E-state index contributed by atoms with van der Waals surface area (Å²) in [6.07, 6.45) is 7.38. The van der Waals surface area contributed by atoms with Crippen LogP contribution in [-0.2, 0) is 0 Å². The Balaban J connectivity index is 1.63. The first-order valence-electron chi connectivity index (χ1n) is 8.71. The van der Waals surface area contributed by atoms with Crippen molar-refractivity contribution in [2.45, 2.75) is 5.92 Å². The third-order valence-electron chi connectivity index (χ3n) is 4.98. The Kier molecular flexibility index (Phi) is 3.46. The van der Waals surface area contributed by atoms with Crippen LogP contribution in [0.2, 0.25) is 0 Å². The summed E-state index contributed by atoms with van der Waals surface area (Å²) in [6, 6.07) is 12.1. The molecule has 0 fully saturated rings. The summed E-state index contributed by atoms with van der Waals surface area (Å²) in [5, 5.41) is 11.3. The van der Waals surface area contributed by atoms with Crippen molar-refractivity contribution in [3.8, 4) is 5.75 Å². The molecule has 1 unspecified atom stereocenters. The van der Waals surface area contributed by atoms with Gasteiger partial charge in [0.1, 0.15) is 17.1 Å². The molecule has 3 aromatic heterocycles. The number of aromatic nitrogens is 4. The van der Waals surface area contributed by atoms with Crippen LogP contribution in [-0.4, -0.2) is 33.3 Å². The molecule has 0 amide bonds. The number of rotatable bonds is 3. The Hall–Kier alpha value is -3.61. The van der Waals surface area contributed by atoms with E-state index in [1.807, 2.05) is 29.3 Å². The van der Waals surface area contributed by atoms with Crippen molar-refractivity contribution >= 4 is 16.6 Å². The molecule has 0 spiro atoms. The Morgan fingerprint density at radius 2 is 2.11 bits per heavy atom. The van der Waals surface area contributed by atoms with Crippen molar-refractivity contribution in [1.82, 2.24) is 19.6 Å². The first kappa shape index (κ1) is 15.6. The molecule has 134 valence electrons. The highest BCUT2D eigenvalue weighted by Gasteiger charge is 2.32. The van der Waals surface area contributed by atoms with Crippen LogP contribution >= 0.6 is 0 Å². The van der Waals surface area contributed by atoms with Crippen LogP contribution in [0, 0.1) is 5.41 Å². The van der Waals surface area contributed by atoms with Gasteiger partial charge >= 0.3 is 0 Å². The highest BCUT2D eigenvalue weighted by molar-refractivity contribution is 5.83. The fraction of sp³-hybridized carbons (Fsp3) is 0.150. The van der Waals surface area contributed by atoms with E-state index in [0.29, 0.717) is 12.3 Å². The van der Waals surface area contributed by atoms with E-state index in [0.717, 1.165) is 28.0 Å². The van der Waals surface area contributed by atoms with Crippen molar-refractivity contribution in [2.75, 3.05) is 18.7 Å². The summed E-state index contributed by atoms with van der Waals surface area (Å²) >= 11 is 0. The minimum Gasteiger partial charge on any atom is -0.495 e. The molecule has 4 heterocycles. The highest BCUT2D eigenvalue weighted by atomic mass is 16.5. The number of anilines is 1. The second-order valence-corrected chi connectivity index (χ2v) is 6.56. The van der Waals surface area contributed by atoms with Gasteiger partial charge < -0.3 is 9.72 Å². The number of benzene rings is 1. The van der Waals surface area contributed by atoms with Gasteiger partial charge in [0.25, 0.3) is 0 Å². The van der Waals surface area contributed by atoms with Gasteiger partial charge in [-0.15, -0.1) is 0 Å². The normalized spacial score (nSPS) is 15.9. The van der Waals surface area contributed by atoms with E-state index in [2.05, 4.69) is 44.2 Å². The van der Waals surface area contributed by atoms with Gasteiger partial charge in [-0.3, -0.25) is 15.4 Å². The van der Waals surface area contributed by atoms with Gasteiger partial charge in [0.15, 0.2) is 0 Å². The summed E-state index contributed by atoms with van der Waals surface area (Å²) in [6.45, 7) is 0.710. The molecular formula is C20H18N6O. The van der Waals surface area contributed by atoms with E-state index in [1.165, 1.54) is 0 Å². The van der Waals surface area contributed by atoms with Crippen LogP contribution < -0.4 is 15.2 Å². The van der Waals surface area contributed by atoms with Gasteiger partial charge in [-0.2, -0.15) is 0 Å². The first-order valence-corrected chi connectivity index (χ1v) is 8.71. The zero-order valence-corrected chi connectivity index (χ0v) is 14.8. The smallest absolute Gasteiger partial charge is 0.148 e. The number of hydrogen-bond acceptors (Lipinski definition) is 5. The average Bonchev–Trinajstić information content (AvgIpc) is 3.31. The van der Waals surface area contributed by atoms with E-state index in [-0.39, 0.29) is 11.4 Å². The van der Waals surface area contributed by atoms with E-state index in [4.69, 9.17) is 10.1 Å². The number of aromatic amines is 1. The number of fused-ring (bicyclic) bond motifs is 2. The molecule has 1 aliphatic heterocycles. The maximum atomic E-state index is 7.96. The van der Waals surface area contributed by atoms with Crippen LogP contribution in [0.3, 0.4) is 0 Å². The summed E-state index contributed by atoms with van der Waals surface area (Å²) in [5.74, 6) is 1.54. The Labute approximate surface area is 155 Å². The summed E-state index contributed by atoms with van der Waals surface area (Å²) < 4.78 is 7.36. The molecule has 1 aromatic carbocycles. The SMILES string of the molecule is COc1cncc(C2CN(c3ccc4[nH]ccc4c3)n3ccc(=N)nc32)c1. The Bertz CT molecular complexity index is 1190. The molecular weight excluding hydrogens is 340 g/mol. The van der Waals surface area contributed by atoms with Crippen molar-refractivity contribution in [1.29, 1.82) is 5.41 Å². The number of nitrogens with one attached hydrogen (secondary N) is 2. The van der Waals surface area contributed by atoms with Gasteiger partial charge in [-0.25, -0.2) is 9.66 Å². The zero-order valence-electron chi connectivity index (χ0n) is 14.8. The maximum Gasteiger partial charge on any atom is 0.148 e. The van der Waals surface area contributed by atoms with E-state index >= 15 is 0 Å². The summed E-state index contributed by atoms with van der Waals surface area (Å²) in [7, 11) is 1.64. The van der Waals surface area contributed by atoms with E-state index in [1.54, 1.807) is 19.4 Å². The molecule has 0 bridgehead atoms. The number of ether oxygens (including phenoxy) is 1. The molecule has 4 aromatic rings. The van der Waals surface area contributed by atoms with Crippen LogP contribution in [0.1, 0.15) is 17.3 Å². The fourth-order valence-corrected chi connectivity index (χ4v) is 3.64. The molecule has 27 heavy (non-hydrogen) atoms. The molecule has 0 saturated heterocycles. The predicted molar refractivity (Wildman–Crippen MR) is 102 cm³/mol. The predicted octanol–water partition coefficient (Wildman–Crippen LogP) is 2.66. The molecule has 0 aliphatic carbocycles. The molecule has 1 atom stereocenters. The largest absolute Gasteiger partial charge is 0.495 e. The van der Waals surface area contributed by atoms with Gasteiger partial charge in [-0.1, -0.05) is 0 Å². The summed E-state index contributed by atoms with van der Waals surface area (Å²) in [4.78, 5) is 12.0. The highest BCUT2D eigenvalue weighted by Crippen LogP contribution is 2.34. The van der Waals surface area contributed by atoms with E-state index < -0.39 is 0 Å². The summed E-state index contributed by atoms with van der Waals surface area (Å²) in [5.41, 5.74) is 3.46. The third kappa shape index (κ3) is 2.55. The number of hydrogen-bond donors (Lipinski definition) is 2. The standard InChI is InChI=1S/C20H18N6O/c1-27-16-9-14(10-22-11-16)17-12-26(25-7-5-19(21)24-20(17)25)15-2-3-18-13(8-15)4-6-23-18/h2-11,17,21,23H,12H2,1H3. The Morgan fingerprint density at radius 3 is 3.00 bits per heavy atom. The number of methoxy groups -OCH3 is 1. The number of H-pyrrole nitrogens is 1. The first-order chi connectivity index (χ1) is 13.2. The number of pyridine rings is 1. The average molecular weight is 358 g/mol. The third-order valence-corrected chi connectivity index (χ3v) is 4.98. The van der Waals surface area contributed by atoms with Crippen molar-refractivity contribution in [3.63, 3.8) is 0 Å². The lowest BCUT2D eigenvalue weighted by atomic mass is 10.0. The lowest BCUT2D eigenvalue weighted by Gasteiger charge is -2.21.